The van der Waals surface area contributed by atoms with Crippen molar-refractivity contribution in [3.8, 4) is 0 Å². The summed E-state index contributed by atoms with van der Waals surface area (Å²) in [7, 11) is -17.2. The van der Waals surface area contributed by atoms with Gasteiger partial charge in [-0.25, -0.2) is 22.9 Å². The van der Waals surface area contributed by atoms with Crippen molar-refractivity contribution in [2.24, 2.45) is 5.73 Å². The first kappa shape index (κ1) is 26.8. The maximum absolute atomic E-state index is 15.2. The third kappa shape index (κ3) is 6.53. The molecule has 0 aliphatic carbocycles. The number of carbonyl (C=O) groups excluding carboxylic acids is 1. The van der Waals surface area contributed by atoms with Gasteiger partial charge in [-0.15, -0.1) is 11.6 Å². The number of halogens is 2. The number of nitrogens with one attached hydrogen (secondary N) is 1. The van der Waals surface area contributed by atoms with Crippen LogP contribution < -0.4 is 11.1 Å². The molecular weight excluding hydrogens is 517 g/mol. The molecule has 3 unspecified atom stereocenters. The van der Waals surface area contributed by atoms with Crippen LogP contribution in [0.15, 0.2) is 12.3 Å². The van der Waals surface area contributed by atoms with Crippen molar-refractivity contribution in [2.75, 3.05) is 6.61 Å². The highest BCUT2D eigenvalue weighted by atomic mass is 35.5. The molecule has 2 heterocycles. The monoisotopic (exact) mass is 535 g/mol. The van der Waals surface area contributed by atoms with E-state index in [0.717, 1.165) is 18.0 Å². The number of alkyl halides is 2. The molecule has 0 aromatic carbocycles. The van der Waals surface area contributed by atoms with Crippen LogP contribution in [0.4, 0.5) is 9.18 Å². The maximum atomic E-state index is 15.2. The van der Waals surface area contributed by atoms with Gasteiger partial charge in [0.15, 0.2) is 6.23 Å². The van der Waals surface area contributed by atoms with Gasteiger partial charge in [-0.2, -0.15) is 8.62 Å². The summed E-state index contributed by atoms with van der Waals surface area (Å²) >= 11 is 6.12. The smallest absolute Gasteiger partial charge is 0.385 e. The van der Waals surface area contributed by atoms with Crippen LogP contribution >= 0.6 is 35.1 Å². The molecule has 0 aromatic heterocycles. The summed E-state index contributed by atoms with van der Waals surface area (Å²) in [6, 6.07) is -0.879. The standard InChI is InChI=1S/C10H18ClFN3O13P3/c1-9(11)6(16)10(12,26-7(9)15-3-2-5(13)14-8(15)17)4-25-30(21,22)28-31(23,24)27-29(18,19)20/h2-3,5-7,16H,4,13H2,1H3,(H,14,17)(H,21,22)(H,23,24)(H2,18,19,20)/t5?,6-,7+,9+,10+/m0/s1. The molecule has 2 aliphatic rings. The Morgan fingerprint density at radius 2 is 1.87 bits per heavy atom. The van der Waals surface area contributed by atoms with E-state index in [2.05, 4.69) is 18.5 Å². The first-order valence-corrected chi connectivity index (χ1v) is 12.7. The number of hydrogen-bond donors (Lipinski definition) is 7. The lowest BCUT2D eigenvalue weighted by Crippen LogP contribution is -2.57. The van der Waals surface area contributed by atoms with Crippen molar-refractivity contribution in [2.45, 2.75) is 36.2 Å². The highest BCUT2D eigenvalue weighted by Gasteiger charge is 2.65. The van der Waals surface area contributed by atoms with Crippen LogP contribution in [0.5, 0.6) is 0 Å². The third-order valence-corrected chi connectivity index (χ3v) is 7.98. The molecule has 0 bridgehead atoms. The van der Waals surface area contributed by atoms with E-state index in [-0.39, 0.29) is 0 Å². The fourth-order valence-electron chi connectivity index (χ4n) is 2.54. The highest BCUT2D eigenvalue weighted by molar-refractivity contribution is 7.66. The Hall–Kier alpha value is -0.480. The van der Waals surface area contributed by atoms with Crippen molar-refractivity contribution >= 4 is 41.1 Å². The minimum atomic E-state index is -5.84. The molecule has 0 radical (unpaired) electrons. The SMILES string of the molecule is C[C@]1(Cl)[C@H](N2C=CC(N)NC2=O)O[C@](F)(COP(=O)(O)OP(=O)(O)OP(=O)(O)O)[C@H]1O. The molecule has 21 heteroatoms. The summed E-state index contributed by atoms with van der Waals surface area (Å²) in [4.78, 5) is 46.2. The molecule has 0 saturated carbocycles. The third-order valence-electron chi connectivity index (χ3n) is 3.81. The number of amides is 2. The Labute approximate surface area is 178 Å². The zero-order valence-corrected chi connectivity index (χ0v) is 18.7. The second-order valence-electron chi connectivity index (χ2n) is 6.40. The van der Waals surface area contributed by atoms with Crippen LogP contribution in [0.2, 0.25) is 0 Å². The van der Waals surface area contributed by atoms with E-state index in [9.17, 15) is 28.5 Å². The lowest BCUT2D eigenvalue weighted by Gasteiger charge is -2.35. The van der Waals surface area contributed by atoms with Crippen molar-refractivity contribution < 1.29 is 65.4 Å². The second kappa shape index (κ2) is 8.70. The minimum Gasteiger partial charge on any atom is -0.385 e. The van der Waals surface area contributed by atoms with Crippen molar-refractivity contribution in [1.29, 1.82) is 0 Å². The number of aliphatic hydroxyl groups excluding tert-OH is 1. The molecule has 1 saturated heterocycles. The first-order valence-electron chi connectivity index (χ1n) is 7.83. The van der Waals surface area contributed by atoms with Gasteiger partial charge < -0.3 is 40.5 Å². The summed E-state index contributed by atoms with van der Waals surface area (Å²) in [6.07, 6.45) is -2.49. The number of ether oxygens (including phenoxy) is 1. The Morgan fingerprint density at radius 1 is 1.29 bits per heavy atom. The molecule has 2 amide bonds. The van der Waals surface area contributed by atoms with Gasteiger partial charge in [0.1, 0.15) is 17.6 Å². The average Bonchev–Trinajstić information content (AvgIpc) is 2.71. The zero-order valence-electron chi connectivity index (χ0n) is 15.2. The molecule has 0 spiro atoms. The van der Waals surface area contributed by atoms with Gasteiger partial charge in [-0.3, -0.25) is 9.42 Å². The van der Waals surface area contributed by atoms with E-state index >= 15 is 4.39 Å². The molecule has 2 aliphatic heterocycles. The van der Waals surface area contributed by atoms with E-state index in [1.54, 1.807) is 0 Å². The van der Waals surface area contributed by atoms with Crippen LogP contribution in [0, 0.1) is 0 Å². The molecule has 180 valence electrons. The Kier molecular flexibility index (Phi) is 7.52. The Balaban J connectivity index is 2.15. The summed E-state index contributed by atoms with van der Waals surface area (Å²) < 4.78 is 64.9. The Morgan fingerprint density at radius 3 is 2.39 bits per heavy atom. The van der Waals surface area contributed by atoms with Gasteiger partial charge in [0.25, 0.3) is 5.85 Å². The number of carbonyl (C=O) groups is 1. The first-order chi connectivity index (χ1) is 13.8. The van der Waals surface area contributed by atoms with Crippen LogP contribution in [0.25, 0.3) is 0 Å². The number of hydrogen-bond acceptors (Lipinski definition) is 10. The summed E-state index contributed by atoms with van der Waals surface area (Å²) in [5, 5.41) is 12.5. The zero-order chi connectivity index (χ0) is 24.0. The van der Waals surface area contributed by atoms with Gasteiger partial charge in [0.2, 0.25) is 0 Å². The Bertz CT molecular complexity index is 900. The predicted molar refractivity (Wildman–Crippen MR) is 96.3 cm³/mol. The van der Waals surface area contributed by atoms with Gasteiger partial charge >= 0.3 is 29.5 Å². The normalized spacial score (nSPS) is 37.9. The molecule has 31 heavy (non-hydrogen) atoms. The molecule has 0 aromatic rings. The van der Waals surface area contributed by atoms with E-state index in [1.165, 1.54) is 6.08 Å². The lowest BCUT2D eigenvalue weighted by atomic mass is 9.99. The van der Waals surface area contributed by atoms with Gasteiger partial charge in [-0.05, 0) is 13.0 Å². The largest absolute Gasteiger partial charge is 0.490 e. The fraction of sp³-hybridized carbons (Fsp3) is 0.700. The summed E-state index contributed by atoms with van der Waals surface area (Å²) in [5.74, 6) is -3.36. The quantitative estimate of drug-likeness (QED) is 0.153. The number of rotatable bonds is 8. The van der Waals surface area contributed by atoms with Gasteiger partial charge in [0, 0.05) is 6.20 Å². The highest BCUT2D eigenvalue weighted by Crippen LogP contribution is 2.66. The molecule has 1 fully saturated rings. The topological polar surface area (TPSA) is 248 Å². The fourth-order valence-corrected chi connectivity index (χ4v) is 5.89. The number of nitrogens with two attached hydrogens (primary N) is 1. The number of phosphoric ester groups is 1. The summed E-state index contributed by atoms with van der Waals surface area (Å²) in [6.45, 7) is -0.568. The summed E-state index contributed by atoms with van der Waals surface area (Å²) in [5.41, 5.74) is 5.48. The van der Waals surface area contributed by atoms with Crippen LogP contribution in [0.1, 0.15) is 6.92 Å². The van der Waals surface area contributed by atoms with Gasteiger partial charge in [-0.1, -0.05) is 0 Å². The number of nitrogens with zero attached hydrogens (tertiary/aromatic N) is 1. The van der Waals surface area contributed by atoms with Crippen molar-refractivity contribution in [3.63, 3.8) is 0 Å². The van der Waals surface area contributed by atoms with E-state index in [0.29, 0.717) is 0 Å². The predicted octanol–water partition coefficient (Wildman–Crippen LogP) is -0.466. The van der Waals surface area contributed by atoms with Crippen LogP contribution in [0.3, 0.4) is 0 Å². The minimum absolute atomic E-state index is 0.742. The van der Waals surface area contributed by atoms with E-state index in [1.807, 2.05) is 0 Å². The van der Waals surface area contributed by atoms with E-state index < -0.39 is 65.3 Å². The van der Waals surface area contributed by atoms with Crippen molar-refractivity contribution in [1.82, 2.24) is 10.2 Å². The number of phosphoric acid groups is 3. The number of urea groups is 1. The van der Waals surface area contributed by atoms with E-state index in [4.69, 9.17) is 36.8 Å². The molecule has 2 rings (SSSR count). The van der Waals surface area contributed by atoms with Crippen molar-refractivity contribution in [3.05, 3.63) is 12.3 Å². The maximum Gasteiger partial charge on any atom is 0.490 e. The second-order valence-corrected chi connectivity index (χ2v) is 11.6. The molecule has 16 nitrogen and oxygen atoms in total. The molecule has 7 atom stereocenters. The van der Waals surface area contributed by atoms with Crippen LogP contribution in [-0.4, -0.2) is 71.4 Å². The number of aliphatic hydroxyl groups is 1. The average molecular weight is 536 g/mol. The van der Waals surface area contributed by atoms with Gasteiger partial charge in [0.05, 0.1) is 6.17 Å². The van der Waals surface area contributed by atoms with Crippen LogP contribution in [-0.2, 0) is 31.6 Å². The molecular formula is C10H18ClFN3O13P3. The molecule has 8 N–H and O–H groups in total. The lowest BCUT2D eigenvalue weighted by molar-refractivity contribution is -0.205.